The molecule has 0 aliphatic heterocycles. The highest BCUT2D eigenvalue weighted by atomic mass is 79.9. The van der Waals surface area contributed by atoms with E-state index in [2.05, 4.69) is 37.9 Å². The molecule has 2 aromatic rings. The Balaban J connectivity index is 1.83. The van der Waals surface area contributed by atoms with Crippen LogP contribution in [0.5, 0.6) is 0 Å². The van der Waals surface area contributed by atoms with Crippen LogP contribution in [0.2, 0.25) is 0 Å². The van der Waals surface area contributed by atoms with Crippen LogP contribution in [-0.2, 0) is 11.3 Å². The van der Waals surface area contributed by atoms with Crippen molar-refractivity contribution in [2.75, 3.05) is 12.8 Å². The number of hydrogen-bond donors (Lipinski definition) is 0. The van der Waals surface area contributed by atoms with Gasteiger partial charge in [-0.25, -0.2) is 0 Å². The van der Waals surface area contributed by atoms with Gasteiger partial charge in [-0.15, -0.1) is 23.1 Å². The lowest BCUT2D eigenvalue weighted by molar-refractivity contribution is -0.127. The molecule has 0 saturated carbocycles. The Hall–Kier alpha value is -0.300. The van der Waals surface area contributed by atoms with Crippen molar-refractivity contribution in [3.8, 4) is 0 Å². The molecule has 0 radical (unpaired) electrons. The zero-order chi connectivity index (χ0) is 14.5. The van der Waals surface area contributed by atoms with E-state index in [4.69, 9.17) is 0 Å². The standard InChI is InChI=1S/C14H13Br2NOS2/c1-17(7-13-6-11(16)8-19-13)14(18)9-20-12-4-2-10(15)3-5-12/h2-6,8H,7,9H2,1H3. The van der Waals surface area contributed by atoms with Crippen LogP contribution in [-0.4, -0.2) is 23.6 Å². The van der Waals surface area contributed by atoms with Crippen molar-refractivity contribution in [3.63, 3.8) is 0 Å². The molecule has 0 fully saturated rings. The van der Waals surface area contributed by atoms with Crippen LogP contribution >= 0.6 is 55.0 Å². The highest BCUT2D eigenvalue weighted by Crippen LogP contribution is 2.23. The molecule has 1 aromatic heterocycles. The lowest BCUT2D eigenvalue weighted by atomic mass is 10.4. The van der Waals surface area contributed by atoms with Crippen LogP contribution in [0.3, 0.4) is 0 Å². The van der Waals surface area contributed by atoms with Gasteiger partial charge in [0, 0.05) is 31.1 Å². The van der Waals surface area contributed by atoms with Gasteiger partial charge in [0.25, 0.3) is 0 Å². The summed E-state index contributed by atoms with van der Waals surface area (Å²) < 4.78 is 2.12. The number of thioether (sulfide) groups is 1. The average molecular weight is 435 g/mol. The molecule has 1 heterocycles. The van der Waals surface area contributed by atoms with Crippen molar-refractivity contribution in [3.05, 3.63) is 49.5 Å². The Morgan fingerprint density at radius 3 is 2.55 bits per heavy atom. The zero-order valence-corrected chi connectivity index (χ0v) is 15.6. The minimum atomic E-state index is 0.141. The quantitative estimate of drug-likeness (QED) is 0.615. The van der Waals surface area contributed by atoms with E-state index in [1.807, 2.05) is 36.7 Å². The minimum Gasteiger partial charge on any atom is -0.340 e. The lowest BCUT2D eigenvalue weighted by Gasteiger charge is -2.15. The van der Waals surface area contributed by atoms with E-state index < -0.39 is 0 Å². The summed E-state index contributed by atoms with van der Waals surface area (Å²) in [6.07, 6.45) is 0. The molecule has 1 aromatic carbocycles. The molecule has 6 heteroatoms. The van der Waals surface area contributed by atoms with Gasteiger partial charge in [-0.3, -0.25) is 4.79 Å². The molecule has 0 unspecified atom stereocenters. The van der Waals surface area contributed by atoms with Crippen LogP contribution in [0.15, 0.2) is 49.6 Å². The van der Waals surface area contributed by atoms with Crippen molar-refractivity contribution in [1.82, 2.24) is 4.90 Å². The largest absolute Gasteiger partial charge is 0.340 e. The van der Waals surface area contributed by atoms with Crippen LogP contribution in [0.4, 0.5) is 0 Å². The molecule has 0 aliphatic carbocycles. The number of hydrogen-bond acceptors (Lipinski definition) is 3. The van der Waals surface area contributed by atoms with Crippen LogP contribution in [0.25, 0.3) is 0 Å². The van der Waals surface area contributed by atoms with Gasteiger partial charge in [0.05, 0.1) is 12.3 Å². The van der Waals surface area contributed by atoms with Gasteiger partial charge in [0.15, 0.2) is 0 Å². The Labute approximate surface area is 143 Å². The average Bonchev–Trinajstić information content (AvgIpc) is 2.83. The number of nitrogens with zero attached hydrogens (tertiary/aromatic N) is 1. The molecule has 1 amide bonds. The van der Waals surface area contributed by atoms with E-state index in [-0.39, 0.29) is 5.91 Å². The smallest absolute Gasteiger partial charge is 0.233 e. The fourth-order valence-electron chi connectivity index (χ4n) is 1.54. The summed E-state index contributed by atoms with van der Waals surface area (Å²) in [5.41, 5.74) is 0. The molecule has 0 N–H and O–H groups in total. The normalized spacial score (nSPS) is 10.6. The van der Waals surface area contributed by atoms with E-state index >= 15 is 0 Å². The number of rotatable bonds is 5. The Kier molecular flexibility index (Phi) is 6.14. The number of carbonyl (C=O) groups is 1. The first-order valence-electron chi connectivity index (χ1n) is 5.90. The second-order valence-corrected chi connectivity index (χ2v) is 8.10. The van der Waals surface area contributed by atoms with Crippen molar-refractivity contribution in [2.45, 2.75) is 11.4 Å². The van der Waals surface area contributed by atoms with Gasteiger partial charge in [-0.2, -0.15) is 0 Å². The van der Waals surface area contributed by atoms with Crippen molar-refractivity contribution in [2.24, 2.45) is 0 Å². The van der Waals surface area contributed by atoms with Crippen LogP contribution < -0.4 is 0 Å². The van der Waals surface area contributed by atoms with Gasteiger partial charge in [0.1, 0.15) is 0 Å². The fourth-order valence-corrected chi connectivity index (χ4v) is 4.15. The second-order valence-electron chi connectivity index (χ2n) is 4.22. The van der Waals surface area contributed by atoms with Gasteiger partial charge < -0.3 is 4.90 Å². The molecule has 0 saturated heterocycles. The zero-order valence-electron chi connectivity index (χ0n) is 10.8. The van der Waals surface area contributed by atoms with Gasteiger partial charge in [0.2, 0.25) is 5.91 Å². The first kappa shape index (κ1) is 16.1. The number of carbonyl (C=O) groups excluding carboxylic acids is 1. The van der Waals surface area contributed by atoms with Gasteiger partial charge >= 0.3 is 0 Å². The molecule has 106 valence electrons. The van der Waals surface area contributed by atoms with Gasteiger partial charge in [-0.05, 0) is 46.3 Å². The highest BCUT2D eigenvalue weighted by Gasteiger charge is 2.11. The lowest BCUT2D eigenvalue weighted by Crippen LogP contribution is -2.27. The fraction of sp³-hybridized carbons (Fsp3) is 0.214. The molecule has 0 spiro atoms. The second kappa shape index (κ2) is 7.64. The first-order valence-corrected chi connectivity index (χ1v) is 9.35. The maximum absolute atomic E-state index is 12.1. The third-order valence-electron chi connectivity index (χ3n) is 2.62. The van der Waals surface area contributed by atoms with E-state index in [1.165, 1.54) is 4.88 Å². The van der Waals surface area contributed by atoms with Crippen molar-refractivity contribution >= 4 is 60.9 Å². The van der Waals surface area contributed by atoms with E-state index in [1.54, 1.807) is 28.0 Å². The predicted molar refractivity (Wildman–Crippen MR) is 93.4 cm³/mol. The molecule has 0 aliphatic rings. The summed E-state index contributed by atoms with van der Waals surface area (Å²) in [4.78, 5) is 16.1. The third-order valence-corrected chi connectivity index (χ3v) is 5.82. The molecule has 0 atom stereocenters. The molecule has 2 nitrogen and oxygen atoms in total. The first-order chi connectivity index (χ1) is 9.54. The Morgan fingerprint density at radius 1 is 1.25 bits per heavy atom. The van der Waals surface area contributed by atoms with E-state index in [0.29, 0.717) is 12.3 Å². The number of halogens is 2. The molecule has 2 rings (SSSR count). The number of amides is 1. The number of thiophene rings is 1. The monoisotopic (exact) mass is 433 g/mol. The maximum atomic E-state index is 12.1. The maximum Gasteiger partial charge on any atom is 0.233 e. The van der Waals surface area contributed by atoms with E-state index in [9.17, 15) is 4.79 Å². The molecule has 0 bridgehead atoms. The summed E-state index contributed by atoms with van der Waals surface area (Å²) in [6.45, 7) is 0.663. The van der Waals surface area contributed by atoms with Crippen LogP contribution in [0, 0.1) is 0 Å². The summed E-state index contributed by atoms with van der Waals surface area (Å²) in [6, 6.07) is 10.0. The molecule has 20 heavy (non-hydrogen) atoms. The SMILES string of the molecule is CN(Cc1cc(Br)cs1)C(=O)CSc1ccc(Br)cc1. The summed E-state index contributed by atoms with van der Waals surface area (Å²) in [7, 11) is 1.85. The summed E-state index contributed by atoms with van der Waals surface area (Å²) in [5.74, 6) is 0.604. The summed E-state index contributed by atoms with van der Waals surface area (Å²) >= 11 is 10.0. The molecular weight excluding hydrogens is 422 g/mol. The van der Waals surface area contributed by atoms with Crippen molar-refractivity contribution in [1.29, 1.82) is 0 Å². The Morgan fingerprint density at radius 2 is 1.95 bits per heavy atom. The number of benzene rings is 1. The van der Waals surface area contributed by atoms with E-state index in [0.717, 1.165) is 13.8 Å². The highest BCUT2D eigenvalue weighted by molar-refractivity contribution is 9.10. The third kappa shape index (κ3) is 4.91. The van der Waals surface area contributed by atoms with Crippen LogP contribution in [0.1, 0.15) is 4.88 Å². The predicted octanol–water partition coefficient (Wildman–Crippen LogP) is 5.02. The topological polar surface area (TPSA) is 20.3 Å². The van der Waals surface area contributed by atoms with Gasteiger partial charge in [-0.1, -0.05) is 15.9 Å². The molecular formula is C14H13Br2NOS2. The minimum absolute atomic E-state index is 0.141. The summed E-state index contributed by atoms with van der Waals surface area (Å²) in [5, 5.41) is 2.03. The van der Waals surface area contributed by atoms with Crippen molar-refractivity contribution < 1.29 is 4.79 Å². The Bertz CT molecular complexity index is 583.